The van der Waals surface area contributed by atoms with Crippen LogP contribution in [0.3, 0.4) is 0 Å². The smallest absolute Gasteiger partial charge is 0.248 e. The van der Waals surface area contributed by atoms with Crippen molar-refractivity contribution in [1.82, 2.24) is 19.9 Å². The standard InChI is InChI=1S/C11H16BrN3O2S.C11H16BrN3S/c1-15(8-5-3-4-6-8)10-9(12)7-13-11(14-10)18(2,16)17;1-15(8-5-3-4-6-8)10-9(12)7-13-11(14-10)16-2/h7-8H,3-6H2,1-2H3;7-8H,3-6H2,1-2H3. The highest BCUT2D eigenvalue weighted by Crippen LogP contribution is 2.32. The fraction of sp³-hybridized carbons (Fsp3) is 0.636. The van der Waals surface area contributed by atoms with E-state index < -0.39 is 9.84 Å². The predicted molar refractivity (Wildman–Crippen MR) is 146 cm³/mol. The third-order valence-electron chi connectivity index (χ3n) is 6.33. The van der Waals surface area contributed by atoms with Crippen LogP contribution >= 0.6 is 43.6 Å². The summed E-state index contributed by atoms with van der Waals surface area (Å²) in [6.07, 6.45) is 16.4. The zero-order valence-corrected chi connectivity index (χ0v) is 24.8. The molecule has 0 bridgehead atoms. The SMILES string of the molecule is CN(c1nc(S(C)(=O)=O)ncc1Br)C1CCCC1.CSc1ncc(Br)c(N(C)C2CCCC2)n1. The molecule has 4 rings (SSSR count). The highest BCUT2D eigenvalue weighted by atomic mass is 79.9. The van der Waals surface area contributed by atoms with Gasteiger partial charge in [0, 0.05) is 44.8 Å². The molecule has 2 fully saturated rings. The van der Waals surface area contributed by atoms with Crippen LogP contribution in [0.25, 0.3) is 0 Å². The van der Waals surface area contributed by atoms with Crippen LogP contribution in [0.5, 0.6) is 0 Å². The molecule has 0 aliphatic heterocycles. The number of hydrogen-bond acceptors (Lipinski definition) is 9. The first-order valence-electron chi connectivity index (χ1n) is 11.4. The molecule has 0 atom stereocenters. The molecule has 0 N–H and O–H groups in total. The summed E-state index contributed by atoms with van der Waals surface area (Å²) in [6, 6.07) is 1.07. The number of hydrogen-bond donors (Lipinski definition) is 0. The van der Waals surface area contributed by atoms with Crippen LogP contribution in [0.2, 0.25) is 0 Å². The topological polar surface area (TPSA) is 92.2 Å². The Morgan fingerprint density at radius 3 is 1.74 bits per heavy atom. The average molecular weight is 636 g/mol. The van der Waals surface area contributed by atoms with Gasteiger partial charge in [-0.2, -0.15) is 4.98 Å². The quantitative estimate of drug-likeness (QED) is 0.307. The van der Waals surface area contributed by atoms with E-state index in [2.05, 4.69) is 63.7 Å². The van der Waals surface area contributed by atoms with E-state index in [0.717, 1.165) is 39.0 Å². The monoisotopic (exact) mass is 634 g/mol. The molecule has 0 saturated heterocycles. The maximum absolute atomic E-state index is 11.5. The number of nitrogens with zero attached hydrogens (tertiary/aromatic N) is 6. The van der Waals surface area contributed by atoms with Crippen LogP contribution in [0.1, 0.15) is 51.4 Å². The van der Waals surface area contributed by atoms with Crippen LogP contribution < -0.4 is 9.80 Å². The molecular formula is C22H32Br2N6O2S2. The zero-order chi connectivity index (χ0) is 24.9. The van der Waals surface area contributed by atoms with Crippen LogP contribution in [-0.4, -0.2) is 67.0 Å². The Morgan fingerprint density at radius 2 is 1.29 bits per heavy atom. The first-order chi connectivity index (χ1) is 16.1. The molecule has 2 aliphatic carbocycles. The van der Waals surface area contributed by atoms with Crippen LogP contribution in [0.15, 0.2) is 31.7 Å². The second-order valence-corrected chi connectivity index (χ2v) is 13.1. The Hall–Kier alpha value is -0.980. The van der Waals surface area contributed by atoms with Crippen molar-refractivity contribution in [2.45, 2.75) is 73.8 Å². The van der Waals surface area contributed by atoms with Crippen molar-refractivity contribution in [2.75, 3.05) is 36.4 Å². The summed E-state index contributed by atoms with van der Waals surface area (Å²) in [5, 5.41) is 0.716. The third-order valence-corrected chi connectivity index (χ3v) is 8.87. The normalized spacial score (nSPS) is 16.9. The first-order valence-corrected chi connectivity index (χ1v) is 16.1. The van der Waals surface area contributed by atoms with Gasteiger partial charge >= 0.3 is 0 Å². The van der Waals surface area contributed by atoms with Gasteiger partial charge in [0.25, 0.3) is 0 Å². The molecule has 2 aliphatic rings. The van der Waals surface area contributed by atoms with E-state index in [-0.39, 0.29) is 5.16 Å². The van der Waals surface area contributed by atoms with E-state index in [4.69, 9.17) is 0 Å². The van der Waals surface area contributed by atoms with Gasteiger partial charge in [0.1, 0.15) is 11.6 Å². The molecule has 2 aromatic heterocycles. The van der Waals surface area contributed by atoms with Gasteiger partial charge in [0.15, 0.2) is 5.16 Å². The van der Waals surface area contributed by atoms with Crippen molar-refractivity contribution in [2.24, 2.45) is 0 Å². The highest BCUT2D eigenvalue weighted by Gasteiger charge is 2.24. The lowest BCUT2D eigenvalue weighted by atomic mass is 10.2. The second-order valence-electron chi connectivity index (χ2n) is 8.72. The van der Waals surface area contributed by atoms with Gasteiger partial charge in [-0.1, -0.05) is 37.4 Å². The summed E-state index contributed by atoms with van der Waals surface area (Å²) >= 11 is 8.50. The lowest BCUT2D eigenvalue weighted by Crippen LogP contribution is -2.30. The van der Waals surface area contributed by atoms with E-state index >= 15 is 0 Å². The van der Waals surface area contributed by atoms with Gasteiger partial charge in [-0.05, 0) is 63.8 Å². The molecule has 188 valence electrons. The number of thioether (sulfide) groups is 1. The van der Waals surface area contributed by atoms with Gasteiger partial charge in [-0.25, -0.2) is 23.4 Å². The number of rotatable bonds is 6. The van der Waals surface area contributed by atoms with Gasteiger partial charge < -0.3 is 9.80 Å². The molecule has 0 radical (unpaired) electrons. The average Bonchev–Trinajstić information content (AvgIpc) is 3.53. The second kappa shape index (κ2) is 12.3. The van der Waals surface area contributed by atoms with E-state index in [0.29, 0.717) is 17.9 Å². The number of anilines is 2. The highest BCUT2D eigenvalue weighted by molar-refractivity contribution is 9.11. The number of sulfone groups is 1. The minimum absolute atomic E-state index is 0.120. The lowest BCUT2D eigenvalue weighted by Gasteiger charge is -2.26. The molecule has 34 heavy (non-hydrogen) atoms. The van der Waals surface area contributed by atoms with E-state index in [1.165, 1.54) is 44.7 Å². The lowest BCUT2D eigenvalue weighted by molar-refractivity contribution is 0.590. The number of aromatic nitrogens is 4. The molecule has 0 amide bonds. The fourth-order valence-electron chi connectivity index (χ4n) is 4.39. The van der Waals surface area contributed by atoms with E-state index in [1.54, 1.807) is 11.8 Å². The van der Waals surface area contributed by atoms with Crippen LogP contribution in [0, 0.1) is 0 Å². The number of halogens is 2. The van der Waals surface area contributed by atoms with Crippen molar-refractivity contribution in [3.63, 3.8) is 0 Å². The minimum atomic E-state index is -3.37. The first kappa shape index (κ1) is 27.6. The third kappa shape index (κ3) is 7.04. The summed E-state index contributed by atoms with van der Waals surface area (Å²) in [6.45, 7) is 0. The maximum Gasteiger partial charge on any atom is 0.248 e. The molecule has 0 aromatic carbocycles. The Kier molecular flexibility index (Phi) is 10.00. The van der Waals surface area contributed by atoms with Gasteiger partial charge in [-0.15, -0.1) is 0 Å². The Bertz CT molecular complexity index is 1080. The van der Waals surface area contributed by atoms with Gasteiger partial charge in [0.05, 0.1) is 8.95 Å². The van der Waals surface area contributed by atoms with Crippen molar-refractivity contribution in [3.8, 4) is 0 Å². The Balaban J connectivity index is 0.000000192. The molecular weight excluding hydrogens is 604 g/mol. The van der Waals surface area contributed by atoms with Gasteiger partial charge in [0.2, 0.25) is 15.0 Å². The molecule has 2 saturated carbocycles. The van der Waals surface area contributed by atoms with Crippen molar-refractivity contribution >= 4 is 65.1 Å². The van der Waals surface area contributed by atoms with Crippen LogP contribution in [-0.2, 0) is 9.84 Å². The predicted octanol–water partition coefficient (Wildman–Crippen LogP) is 5.36. The molecule has 2 aromatic rings. The van der Waals surface area contributed by atoms with E-state index in [1.807, 2.05) is 24.4 Å². The maximum atomic E-state index is 11.5. The summed E-state index contributed by atoms with van der Waals surface area (Å²) in [4.78, 5) is 21.2. The fourth-order valence-corrected chi connectivity index (χ4v) is 6.16. The summed E-state index contributed by atoms with van der Waals surface area (Å²) in [5.41, 5.74) is 0. The Labute approximate surface area is 223 Å². The van der Waals surface area contributed by atoms with Crippen molar-refractivity contribution < 1.29 is 8.42 Å². The molecule has 8 nitrogen and oxygen atoms in total. The summed E-state index contributed by atoms with van der Waals surface area (Å²) in [5.74, 6) is 1.67. The molecule has 2 heterocycles. The zero-order valence-electron chi connectivity index (χ0n) is 20.0. The summed E-state index contributed by atoms with van der Waals surface area (Å²) < 4.78 is 24.7. The van der Waals surface area contributed by atoms with Crippen LogP contribution in [0.4, 0.5) is 11.6 Å². The molecule has 0 spiro atoms. The van der Waals surface area contributed by atoms with Crippen molar-refractivity contribution in [3.05, 3.63) is 21.3 Å². The minimum Gasteiger partial charge on any atom is -0.356 e. The summed E-state index contributed by atoms with van der Waals surface area (Å²) in [7, 11) is 0.717. The largest absolute Gasteiger partial charge is 0.356 e. The Morgan fingerprint density at radius 1 is 0.853 bits per heavy atom. The van der Waals surface area contributed by atoms with Crippen molar-refractivity contribution in [1.29, 1.82) is 0 Å². The van der Waals surface area contributed by atoms with E-state index in [9.17, 15) is 8.42 Å². The molecule has 12 heteroatoms. The van der Waals surface area contributed by atoms with Gasteiger partial charge in [-0.3, -0.25) is 0 Å². The molecule has 0 unspecified atom stereocenters.